The zero-order valence-electron chi connectivity index (χ0n) is 10.4. The molecule has 0 aliphatic carbocycles. The fourth-order valence-corrected chi connectivity index (χ4v) is 2.19. The number of nitrogens with zero attached hydrogens (tertiary/aromatic N) is 3. The van der Waals surface area contributed by atoms with E-state index in [1.807, 2.05) is 18.7 Å². The molecule has 1 heterocycles. The lowest BCUT2D eigenvalue weighted by Crippen LogP contribution is -2.29. The van der Waals surface area contributed by atoms with Crippen LogP contribution in [0.15, 0.2) is 0 Å². The summed E-state index contributed by atoms with van der Waals surface area (Å²) in [6.45, 7) is 5.75. The second-order valence-electron chi connectivity index (χ2n) is 4.37. The van der Waals surface area contributed by atoms with Crippen LogP contribution in [0.2, 0.25) is 0 Å². The third-order valence-electron chi connectivity index (χ3n) is 2.15. The minimum atomic E-state index is -4.42. The molecule has 0 saturated carbocycles. The van der Waals surface area contributed by atoms with Crippen LogP contribution in [-0.2, 0) is 6.18 Å². The number of aromatic nitrogens is 2. The average Bonchev–Trinajstić information content (AvgIpc) is 2.72. The van der Waals surface area contributed by atoms with E-state index in [-0.39, 0.29) is 0 Å². The van der Waals surface area contributed by atoms with Gasteiger partial charge in [0.1, 0.15) is 0 Å². The van der Waals surface area contributed by atoms with Crippen LogP contribution in [0.1, 0.15) is 25.3 Å². The van der Waals surface area contributed by atoms with Gasteiger partial charge in [-0.1, -0.05) is 25.2 Å². The van der Waals surface area contributed by atoms with Crippen LogP contribution in [0.3, 0.4) is 0 Å². The zero-order chi connectivity index (χ0) is 13.8. The standard InChI is InChI=1S/C10H17F3N4S/c1-7(2)6-17(5-3-4-14)9-16-15-8(18-9)10(11,12)13/h7H,3-6,14H2,1-2H3. The Morgan fingerprint density at radius 3 is 2.44 bits per heavy atom. The van der Waals surface area contributed by atoms with Crippen molar-refractivity contribution in [3.8, 4) is 0 Å². The van der Waals surface area contributed by atoms with Gasteiger partial charge in [0.05, 0.1) is 0 Å². The predicted octanol–water partition coefficient (Wildman–Crippen LogP) is 2.37. The lowest BCUT2D eigenvalue weighted by Gasteiger charge is -2.22. The third-order valence-corrected chi connectivity index (χ3v) is 3.17. The van der Waals surface area contributed by atoms with Gasteiger partial charge in [-0.15, -0.1) is 10.2 Å². The zero-order valence-corrected chi connectivity index (χ0v) is 11.2. The fraction of sp³-hybridized carbons (Fsp3) is 0.800. The molecule has 104 valence electrons. The van der Waals surface area contributed by atoms with Gasteiger partial charge in [0.15, 0.2) is 0 Å². The van der Waals surface area contributed by atoms with Crippen LogP contribution in [0.25, 0.3) is 0 Å². The van der Waals surface area contributed by atoms with Crippen molar-refractivity contribution >= 4 is 16.5 Å². The van der Waals surface area contributed by atoms with Crippen molar-refractivity contribution < 1.29 is 13.2 Å². The van der Waals surface area contributed by atoms with Crippen molar-refractivity contribution in [1.29, 1.82) is 0 Å². The molecule has 0 radical (unpaired) electrons. The Morgan fingerprint density at radius 1 is 1.33 bits per heavy atom. The normalized spacial score (nSPS) is 12.2. The number of nitrogens with two attached hydrogens (primary N) is 1. The molecule has 0 amide bonds. The second-order valence-corrected chi connectivity index (χ2v) is 5.33. The molecule has 18 heavy (non-hydrogen) atoms. The highest BCUT2D eigenvalue weighted by molar-refractivity contribution is 7.15. The van der Waals surface area contributed by atoms with Crippen molar-refractivity contribution in [3.63, 3.8) is 0 Å². The van der Waals surface area contributed by atoms with Gasteiger partial charge in [0, 0.05) is 13.1 Å². The molecule has 0 saturated heterocycles. The number of halogens is 3. The highest BCUT2D eigenvalue weighted by atomic mass is 32.1. The molecule has 0 atom stereocenters. The largest absolute Gasteiger partial charge is 0.445 e. The van der Waals surface area contributed by atoms with Crippen LogP contribution >= 0.6 is 11.3 Å². The van der Waals surface area contributed by atoms with Crippen molar-refractivity contribution in [2.24, 2.45) is 11.7 Å². The second kappa shape index (κ2) is 6.33. The molecular weight excluding hydrogens is 265 g/mol. The summed E-state index contributed by atoms with van der Waals surface area (Å²) in [5.41, 5.74) is 5.42. The SMILES string of the molecule is CC(C)CN(CCCN)c1nnc(C(F)(F)F)s1. The molecule has 0 aliphatic rings. The lowest BCUT2D eigenvalue weighted by molar-refractivity contribution is -0.138. The first kappa shape index (κ1) is 15.2. The smallest absolute Gasteiger partial charge is 0.346 e. The van der Waals surface area contributed by atoms with E-state index in [2.05, 4.69) is 10.2 Å². The van der Waals surface area contributed by atoms with Gasteiger partial charge >= 0.3 is 6.18 Å². The van der Waals surface area contributed by atoms with Crippen molar-refractivity contribution in [2.45, 2.75) is 26.4 Å². The quantitative estimate of drug-likeness (QED) is 0.870. The van der Waals surface area contributed by atoms with Crippen LogP contribution in [-0.4, -0.2) is 29.8 Å². The predicted molar refractivity (Wildman–Crippen MR) is 65.6 cm³/mol. The molecule has 0 spiro atoms. The van der Waals surface area contributed by atoms with Crippen molar-refractivity contribution in [3.05, 3.63) is 5.01 Å². The summed E-state index contributed by atoms with van der Waals surface area (Å²) in [7, 11) is 0. The maximum Gasteiger partial charge on any atom is 0.445 e. The van der Waals surface area contributed by atoms with E-state index in [1.165, 1.54) is 0 Å². The Morgan fingerprint density at radius 2 is 2.00 bits per heavy atom. The van der Waals surface area contributed by atoms with Gasteiger partial charge < -0.3 is 10.6 Å². The Balaban J connectivity index is 2.81. The summed E-state index contributed by atoms with van der Waals surface area (Å²) >= 11 is 0.578. The van der Waals surface area contributed by atoms with Crippen molar-refractivity contribution in [1.82, 2.24) is 10.2 Å². The van der Waals surface area contributed by atoms with E-state index in [0.717, 1.165) is 0 Å². The van der Waals surface area contributed by atoms with Gasteiger partial charge in [-0.25, -0.2) is 0 Å². The summed E-state index contributed by atoms with van der Waals surface area (Å²) < 4.78 is 37.3. The number of rotatable bonds is 6. The Bertz CT molecular complexity index is 364. The number of hydrogen-bond acceptors (Lipinski definition) is 5. The topological polar surface area (TPSA) is 55.0 Å². The molecule has 1 aromatic rings. The molecule has 4 nitrogen and oxygen atoms in total. The van der Waals surface area contributed by atoms with E-state index >= 15 is 0 Å². The summed E-state index contributed by atoms with van der Waals surface area (Å²) in [5.74, 6) is 0.334. The first-order chi connectivity index (χ1) is 8.34. The van der Waals surface area contributed by atoms with Gasteiger partial charge in [-0.05, 0) is 18.9 Å². The Kier molecular flexibility index (Phi) is 5.33. The highest BCUT2D eigenvalue weighted by Crippen LogP contribution is 2.34. The average molecular weight is 282 g/mol. The molecule has 0 aliphatic heterocycles. The first-order valence-corrected chi connectivity index (χ1v) is 6.52. The monoisotopic (exact) mass is 282 g/mol. The number of hydrogen-bond donors (Lipinski definition) is 1. The maximum absolute atomic E-state index is 12.4. The summed E-state index contributed by atoms with van der Waals surface area (Å²) in [6, 6.07) is 0. The molecule has 1 aromatic heterocycles. The van der Waals surface area contributed by atoms with E-state index in [4.69, 9.17) is 5.73 Å². The molecular formula is C10H17F3N4S. The molecule has 0 bridgehead atoms. The highest BCUT2D eigenvalue weighted by Gasteiger charge is 2.36. The molecule has 0 unspecified atom stereocenters. The van der Waals surface area contributed by atoms with Gasteiger partial charge in [0.2, 0.25) is 10.1 Å². The van der Waals surface area contributed by atoms with E-state index in [0.29, 0.717) is 48.4 Å². The Hall–Kier alpha value is -0.890. The van der Waals surface area contributed by atoms with Gasteiger partial charge in [0.25, 0.3) is 0 Å². The molecule has 0 fully saturated rings. The van der Waals surface area contributed by atoms with Crippen LogP contribution in [0, 0.1) is 5.92 Å². The van der Waals surface area contributed by atoms with Gasteiger partial charge in [-0.2, -0.15) is 13.2 Å². The molecule has 0 aromatic carbocycles. The van der Waals surface area contributed by atoms with Crippen molar-refractivity contribution in [2.75, 3.05) is 24.5 Å². The minimum Gasteiger partial charge on any atom is -0.346 e. The lowest BCUT2D eigenvalue weighted by atomic mass is 10.2. The van der Waals surface area contributed by atoms with Crippen LogP contribution in [0.4, 0.5) is 18.3 Å². The number of alkyl halides is 3. The maximum atomic E-state index is 12.4. The summed E-state index contributed by atoms with van der Waals surface area (Å²) in [6.07, 6.45) is -3.71. The van der Waals surface area contributed by atoms with Crippen LogP contribution < -0.4 is 10.6 Å². The molecule has 2 N–H and O–H groups in total. The molecule has 1 rings (SSSR count). The van der Waals surface area contributed by atoms with Crippen LogP contribution in [0.5, 0.6) is 0 Å². The summed E-state index contributed by atoms with van der Waals surface area (Å²) in [4.78, 5) is 1.81. The fourth-order valence-electron chi connectivity index (χ4n) is 1.45. The van der Waals surface area contributed by atoms with E-state index in [9.17, 15) is 13.2 Å². The summed E-state index contributed by atoms with van der Waals surface area (Å²) in [5, 5.41) is 6.22. The first-order valence-electron chi connectivity index (χ1n) is 5.70. The third kappa shape index (κ3) is 4.41. The van der Waals surface area contributed by atoms with E-state index < -0.39 is 11.2 Å². The van der Waals surface area contributed by atoms with E-state index in [1.54, 1.807) is 0 Å². The minimum absolute atomic E-state index is 0.310. The number of anilines is 1. The molecule has 8 heteroatoms. The van der Waals surface area contributed by atoms with Gasteiger partial charge in [-0.3, -0.25) is 0 Å². The Labute approximate surface area is 108 Å².